The maximum absolute atomic E-state index is 13.0. The zero-order valence-electron chi connectivity index (χ0n) is 14.6. The summed E-state index contributed by atoms with van der Waals surface area (Å²) in [6.07, 6.45) is 5.81. The Hall–Kier alpha value is -2.70. The summed E-state index contributed by atoms with van der Waals surface area (Å²) in [6, 6.07) is 5.62. The Bertz CT molecular complexity index is 837. The van der Waals surface area contributed by atoms with Crippen LogP contribution in [0.1, 0.15) is 41.1 Å². The van der Waals surface area contributed by atoms with Gasteiger partial charge >= 0.3 is 0 Å². The van der Waals surface area contributed by atoms with Crippen LogP contribution < -0.4 is 5.32 Å². The summed E-state index contributed by atoms with van der Waals surface area (Å²) < 4.78 is 14.7. The first-order chi connectivity index (χ1) is 12.5. The van der Waals surface area contributed by atoms with Crippen LogP contribution in [-0.2, 0) is 11.8 Å². The molecular weight excluding hydrogens is 335 g/mol. The highest BCUT2D eigenvalue weighted by atomic mass is 19.1. The van der Waals surface area contributed by atoms with Gasteiger partial charge in [-0.1, -0.05) is 0 Å². The van der Waals surface area contributed by atoms with Crippen molar-refractivity contribution in [2.45, 2.75) is 30.7 Å². The number of aromatic nitrogens is 2. The van der Waals surface area contributed by atoms with Crippen molar-refractivity contribution < 1.29 is 14.0 Å². The fourth-order valence-electron chi connectivity index (χ4n) is 4.01. The molecule has 7 heteroatoms. The first kappa shape index (κ1) is 16.8. The van der Waals surface area contributed by atoms with Gasteiger partial charge in [0.1, 0.15) is 5.82 Å². The van der Waals surface area contributed by atoms with E-state index < -0.39 is 0 Å². The van der Waals surface area contributed by atoms with Crippen molar-refractivity contribution in [2.75, 3.05) is 13.1 Å². The van der Waals surface area contributed by atoms with Crippen molar-refractivity contribution >= 4 is 11.8 Å². The van der Waals surface area contributed by atoms with Crippen LogP contribution in [0.2, 0.25) is 0 Å². The minimum Gasteiger partial charge on any atom is -0.350 e. The molecule has 0 aliphatic carbocycles. The van der Waals surface area contributed by atoms with Crippen LogP contribution in [0.25, 0.3) is 0 Å². The average molecular weight is 356 g/mol. The molecule has 4 rings (SSSR count). The van der Waals surface area contributed by atoms with Gasteiger partial charge in [-0.3, -0.25) is 14.3 Å². The number of likely N-dealkylation sites (tertiary alicyclic amines) is 1. The van der Waals surface area contributed by atoms with Crippen molar-refractivity contribution in [3.05, 3.63) is 53.6 Å². The lowest BCUT2D eigenvalue weighted by molar-refractivity contribution is -0.121. The predicted molar refractivity (Wildman–Crippen MR) is 93.0 cm³/mol. The Morgan fingerprint density at radius 1 is 1.27 bits per heavy atom. The number of carbonyl (C=O) groups is 2. The van der Waals surface area contributed by atoms with Crippen LogP contribution in [0, 0.1) is 5.82 Å². The van der Waals surface area contributed by atoms with Crippen molar-refractivity contribution in [3.63, 3.8) is 0 Å². The van der Waals surface area contributed by atoms with Crippen LogP contribution >= 0.6 is 0 Å². The van der Waals surface area contributed by atoms with Gasteiger partial charge in [0, 0.05) is 43.0 Å². The second kappa shape index (κ2) is 6.23. The lowest BCUT2D eigenvalue weighted by atomic mass is 9.82. The van der Waals surface area contributed by atoms with Crippen molar-refractivity contribution in [2.24, 2.45) is 7.05 Å². The Morgan fingerprint density at radius 2 is 1.96 bits per heavy atom. The van der Waals surface area contributed by atoms with Gasteiger partial charge in [0.15, 0.2) is 0 Å². The van der Waals surface area contributed by atoms with E-state index in [1.54, 1.807) is 15.8 Å². The van der Waals surface area contributed by atoms with Gasteiger partial charge in [-0.2, -0.15) is 5.10 Å². The van der Waals surface area contributed by atoms with Gasteiger partial charge in [-0.05, 0) is 43.5 Å². The zero-order chi connectivity index (χ0) is 18.3. The van der Waals surface area contributed by atoms with Crippen molar-refractivity contribution in [1.29, 1.82) is 0 Å². The van der Waals surface area contributed by atoms with Gasteiger partial charge < -0.3 is 10.2 Å². The predicted octanol–water partition coefficient (Wildman–Crippen LogP) is 1.84. The standard InChI is InChI=1S/C19H21FN4O2/c1-23-12-14(11-21-23)16-10-19(22-17(16)25)6-8-24(9-7-19)18(26)13-2-4-15(20)5-3-13/h2-5,11-12,16H,6-10H2,1H3,(H,22,25). The quantitative estimate of drug-likeness (QED) is 0.893. The molecule has 26 heavy (non-hydrogen) atoms. The van der Waals surface area contributed by atoms with E-state index in [4.69, 9.17) is 0 Å². The first-order valence-electron chi connectivity index (χ1n) is 8.81. The summed E-state index contributed by atoms with van der Waals surface area (Å²) in [6.45, 7) is 1.16. The SMILES string of the molecule is Cn1cc(C2CC3(CCN(C(=O)c4ccc(F)cc4)CC3)NC2=O)cn1. The van der Waals surface area contributed by atoms with Crippen molar-refractivity contribution in [3.8, 4) is 0 Å². The van der Waals surface area contributed by atoms with E-state index in [0.29, 0.717) is 18.7 Å². The number of hydrogen-bond donors (Lipinski definition) is 1. The normalized spacial score (nSPS) is 21.8. The fourth-order valence-corrected chi connectivity index (χ4v) is 4.01. The molecule has 2 saturated heterocycles. The number of rotatable bonds is 2. The molecule has 1 spiro atoms. The van der Waals surface area contributed by atoms with E-state index in [1.165, 1.54) is 24.3 Å². The van der Waals surface area contributed by atoms with E-state index in [9.17, 15) is 14.0 Å². The molecule has 6 nitrogen and oxygen atoms in total. The summed E-state index contributed by atoms with van der Waals surface area (Å²) in [7, 11) is 1.84. The second-order valence-electron chi connectivity index (χ2n) is 7.27. The molecule has 1 N–H and O–H groups in total. The highest BCUT2D eigenvalue weighted by Gasteiger charge is 2.47. The summed E-state index contributed by atoms with van der Waals surface area (Å²) >= 11 is 0. The Kier molecular flexibility index (Phi) is 4.01. The number of amides is 2. The molecule has 2 aromatic rings. The van der Waals surface area contributed by atoms with Crippen LogP contribution in [0.5, 0.6) is 0 Å². The summed E-state index contributed by atoms with van der Waals surface area (Å²) in [5, 5.41) is 7.33. The molecule has 0 bridgehead atoms. The number of benzene rings is 1. The molecule has 1 unspecified atom stereocenters. The molecule has 1 aromatic heterocycles. The highest BCUT2D eigenvalue weighted by molar-refractivity contribution is 5.94. The monoisotopic (exact) mass is 356 g/mol. The third-order valence-electron chi connectivity index (χ3n) is 5.53. The molecule has 136 valence electrons. The average Bonchev–Trinajstić information content (AvgIpc) is 3.19. The van der Waals surface area contributed by atoms with E-state index in [0.717, 1.165) is 24.8 Å². The first-order valence-corrected chi connectivity index (χ1v) is 8.81. The molecule has 2 aliphatic heterocycles. The molecule has 1 atom stereocenters. The molecular formula is C19H21FN4O2. The van der Waals surface area contributed by atoms with E-state index in [-0.39, 0.29) is 29.1 Å². The topological polar surface area (TPSA) is 67.2 Å². The highest BCUT2D eigenvalue weighted by Crippen LogP contribution is 2.39. The number of nitrogens with one attached hydrogen (secondary N) is 1. The van der Waals surface area contributed by atoms with Crippen molar-refractivity contribution in [1.82, 2.24) is 20.0 Å². The lowest BCUT2D eigenvalue weighted by Gasteiger charge is -2.39. The minimum absolute atomic E-state index is 0.0383. The lowest BCUT2D eigenvalue weighted by Crippen LogP contribution is -2.52. The number of halogens is 1. The van der Waals surface area contributed by atoms with Gasteiger partial charge in [0.05, 0.1) is 12.1 Å². The van der Waals surface area contributed by atoms with Gasteiger partial charge in [0.25, 0.3) is 5.91 Å². The molecule has 2 fully saturated rings. The fraction of sp³-hybridized carbons (Fsp3) is 0.421. The maximum atomic E-state index is 13.0. The number of carbonyl (C=O) groups excluding carboxylic acids is 2. The summed E-state index contributed by atoms with van der Waals surface area (Å²) in [5.41, 5.74) is 1.18. The Balaban J connectivity index is 1.42. The zero-order valence-corrected chi connectivity index (χ0v) is 14.6. The molecule has 1 aromatic carbocycles. The molecule has 0 radical (unpaired) electrons. The van der Waals surface area contributed by atoms with Gasteiger partial charge in [-0.25, -0.2) is 4.39 Å². The Labute approximate surface area is 151 Å². The van der Waals surface area contributed by atoms with Crippen LogP contribution in [-0.4, -0.2) is 45.1 Å². The maximum Gasteiger partial charge on any atom is 0.253 e. The number of hydrogen-bond acceptors (Lipinski definition) is 3. The van der Waals surface area contributed by atoms with Crippen LogP contribution in [0.3, 0.4) is 0 Å². The largest absolute Gasteiger partial charge is 0.350 e. The second-order valence-corrected chi connectivity index (χ2v) is 7.27. The van der Waals surface area contributed by atoms with E-state index in [1.807, 2.05) is 13.2 Å². The third kappa shape index (κ3) is 2.98. The molecule has 3 heterocycles. The van der Waals surface area contributed by atoms with E-state index >= 15 is 0 Å². The molecule has 2 amide bonds. The van der Waals surface area contributed by atoms with Crippen LogP contribution in [0.15, 0.2) is 36.7 Å². The molecule has 0 saturated carbocycles. The smallest absolute Gasteiger partial charge is 0.253 e. The van der Waals surface area contributed by atoms with Gasteiger partial charge in [0.2, 0.25) is 5.91 Å². The Morgan fingerprint density at radius 3 is 2.58 bits per heavy atom. The van der Waals surface area contributed by atoms with Crippen LogP contribution in [0.4, 0.5) is 4.39 Å². The number of piperidine rings is 1. The van der Waals surface area contributed by atoms with Gasteiger partial charge in [-0.15, -0.1) is 0 Å². The number of nitrogens with zero attached hydrogens (tertiary/aromatic N) is 3. The minimum atomic E-state index is -0.353. The molecule has 2 aliphatic rings. The summed E-state index contributed by atoms with van der Waals surface area (Å²) in [4.78, 5) is 26.8. The number of aryl methyl sites for hydroxylation is 1. The summed E-state index contributed by atoms with van der Waals surface area (Å²) in [5.74, 6) is -0.582. The van der Waals surface area contributed by atoms with E-state index in [2.05, 4.69) is 10.4 Å². The third-order valence-corrected chi connectivity index (χ3v) is 5.53.